The molecule has 3 rings (SSSR count). The Labute approximate surface area is 224 Å². The van der Waals surface area contributed by atoms with Crippen molar-refractivity contribution < 1.29 is 19.1 Å². The van der Waals surface area contributed by atoms with Gasteiger partial charge in [-0.1, -0.05) is 41.0 Å². The van der Waals surface area contributed by atoms with E-state index in [1.807, 2.05) is 4.57 Å². The highest BCUT2D eigenvalue weighted by Gasteiger charge is 2.14. The van der Waals surface area contributed by atoms with Crippen LogP contribution in [0, 0.1) is 0 Å². The SMILES string of the molecule is C=CCn1c(CCCOc2ccc(Cl)cc2Cl)nnc1SCC(=O)Nc1ccc(C(=O)OCC)cc1. The second kappa shape index (κ2) is 13.9. The van der Waals surface area contributed by atoms with Gasteiger partial charge in [-0.2, -0.15) is 0 Å². The van der Waals surface area contributed by atoms with Gasteiger partial charge in [-0.05, 0) is 55.8 Å². The number of hydrogen-bond acceptors (Lipinski definition) is 7. The molecular weight excluding hydrogens is 523 g/mol. The van der Waals surface area contributed by atoms with Crippen molar-refractivity contribution in [1.82, 2.24) is 14.8 Å². The van der Waals surface area contributed by atoms with Crippen molar-refractivity contribution in [3.8, 4) is 5.75 Å². The molecule has 0 radical (unpaired) electrons. The van der Waals surface area contributed by atoms with Crippen LogP contribution in [-0.4, -0.2) is 45.6 Å². The number of allylic oxidation sites excluding steroid dienone is 1. The van der Waals surface area contributed by atoms with E-state index in [0.717, 1.165) is 5.82 Å². The summed E-state index contributed by atoms with van der Waals surface area (Å²) < 4.78 is 12.6. The quantitative estimate of drug-likeness (QED) is 0.127. The Kier molecular flexibility index (Phi) is 10.7. The Hall–Kier alpha value is -3.01. The van der Waals surface area contributed by atoms with E-state index < -0.39 is 5.97 Å². The number of aryl methyl sites for hydroxylation is 1. The average Bonchev–Trinajstić information content (AvgIpc) is 3.24. The molecule has 11 heteroatoms. The summed E-state index contributed by atoms with van der Waals surface area (Å²) in [6.45, 7) is 6.82. The number of anilines is 1. The molecule has 1 aromatic heterocycles. The number of carbonyl (C=O) groups excluding carboxylic acids is 2. The molecule has 2 aromatic carbocycles. The van der Waals surface area contributed by atoms with Gasteiger partial charge in [0, 0.05) is 23.7 Å². The molecule has 0 unspecified atom stereocenters. The predicted molar refractivity (Wildman–Crippen MR) is 142 cm³/mol. The van der Waals surface area contributed by atoms with Crippen LogP contribution in [0.5, 0.6) is 5.75 Å². The topological polar surface area (TPSA) is 95.3 Å². The number of amides is 1. The summed E-state index contributed by atoms with van der Waals surface area (Å²) in [5.41, 5.74) is 1.01. The van der Waals surface area contributed by atoms with Crippen LogP contribution in [0.4, 0.5) is 5.69 Å². The second-order valence-corrected chi connectivity index (χ2v) is 9.25. The number of aromatic nitrogens is 3. The van der Waals surface area contributed by atoms with E-state index in [1.54, 1.807) is 55.5 Å². The molecule has 1 amide bonds. The third kappa shape index (κ3) is 8.01. The van der Waals surface area contributed by atoms with Crippen molar-refractivity contribution in [3.05, 3.63) is 76.6 Å². The van der Waals surface area contributed by atoms with Crippen LogP contribution in [-0.2, 0) is 22.5 Å². The molecule has 0 aliphatic rings. The van der Waals surface area contributed by atoms with Crippen LogP contribution in [0.2, 0.25) is 10.0 Å². The molecule has 0 bridgehead atoms. The number of thioether (sulfide) groups is 1. The minimum absolute atomic E-state index is 0.146. The molecule has 36 heavy (non-hydrogen) atoms. The largest absolute Gasteiger partial charge is 0.492 e. The van der Waals surface area contributed by atoms with Gasteiger partial charge in [0.1, 0.15) is 11.6 Å². The highest BCUT2D eigenvalue weighted by atomic mass is 35.5. The molecule has 0 saturated heterocycles. The zero-order valence-corrected chi connectivity index (χ0v) is 22.0. The zero-order chi connectivity index (χ0) is 25.9. The lowest BCUT2D eigenvalue weighted by Crippen LogP contribution is -2.15. The Morgan fingerprint density at radius 2 is 1.94 bits per heavy atom. The smallest absolute Gasteiger partial charge is 0.338 e. The van der Waals surface area contributed by atoms with Gasteiger partial charge in [0.2, 0.25) is 5.91 Å². The van der Waals surface area contributed by atoms with Crippen LogP contribution in [0.25, 0.3) is 0 Å². The van der Waals surface area contributed by atoms with Gasteiger partial charge in [0.05, 0.1) is 29.6 Å². The van der Waals surface area contributed by atoms with Gasteiger partial charge in [0.15, 0.2) is 5.16 Å². The lowest BCUT2D eigenvalue weighted by molar-refractivity contribution is -0.113. The Morgan fingerprint density at radius 1 is 1.17 bits per heavy atom. The van der Waals surface area contributed by atoms with Crippen molar-refractivity contribution in [1.29, 1.82) is 0 Å². The maximum Gasteiger partial charge on any atom is 0.338 e. The number of rotatable bonds is 13. The van der Waals surface area contributed by atoms with Crippen molar-refractivity contribution in [2.45, 2.75) is 31.5 Å². The Balaban J connectivity index is 1.50. The molecular formula is C25H26Cl2N4O4S. The van der Waals surface area contributed by atoms with Crippen LogP contribution in [0.3, 0.4) is 0 Å². The first-order valence-corrected chi connectivity index (χ1v) is 13.0. The second-order valence-electron chi connectivity index (χ2n) is 7.46. The summed E-state index contributed by atoms with van der Waals surface area (Å²) in [6, 6.07) is 11.6. The van der Waals surface area contributed by atoms with Crippen molar-refractivity contribution in [2.24, 2.45) is 0 Å². The molecule has 1 N–H and O–H groups in total. The number of ether oxygens (including phenoxy) is 2. The molecule has 1 heterocycles. The fourth-order valence-corrected chi connectivity index (χ4v) is 4.39. The Morgan fingerprint density at radius 3 is 2.64 bits per heavy atom. The van der Waals surface area contributed by atoms with Gasteiger partial charge >= 0.3 is 5.97 Å². The lowest BCUT2D eigenvalue weighted by Gasteiger charge is -2.10. The highest BCUT2D eigenvalue weighted by molar-refractivity contribution is 7.99. The molecule has 0 fully saturated rings. The number of nitrogens with one attached hydrogen (secondary N) is 1. The van der Waals surface area contributed by atoms with Crippen molar-refractivity contribution >= 4 is 52.5 Å². The molecule has 0 aliphatic heterocycles. The molecule has 0 aliphatic carbocycles. The fraction of sp³-hybridized carbons (Fsp3) is 0.280. The van der Waals surface area contributed by atoms with Crippen LogP contribution in [0.1, 0.15) is 29.5 Å². The number of benzene rings is 2. The highest BCUT2D eigenvalue weighted by Crippen LogP contribution is 2.27. The molecule has 0 saturated carbocycles. The van der Waals surface area contributed by atoms with Crippen LogP contribution in [0.15, 0.2) is 60.3 Å². The normalized spacial score (nSPS) is 10.6. The first-order valence-electron chi connectivity index (χ1n) is 11.2. The number of carbonyl (C=O) groups is 2. The molecule has 0 atom stereocenters. The number of hydrogen-bond donors (Lipinski definition) is 1. The summed E-state index contributed by atoms with van der Waals surface area (Å²) in [7, 11) is 0. The summed E-state index contributed by atoms with van der Waals surface area (Å²) in [4.78, 5) is 24.2. The maximum atomic E-state index is 12.4. The first-order chi connectivity index (χ1) is 17.4. The summed E-state index contributed by atoms with van der Waals surface area (Å²) in [5.74, 6) is 0.896. The predicted octanol–water partition coefficient (Wildman–Crippen LogP) is 5.69. The summed E-state index contributed by atoms with van der Waals surface area (Å²) >= 11 is 13.3. The maximum absolute atomic E-state index is 12.4. The van der Waals surface area contributed by atoms with Crippen molar-refractivity contribution in [3.63, 3.8) is 0 Å². The third-order valence-corrected chi connectivity index (χ3v) is 6.31. The minimum atomic E-state index is -0.399. The van der Waals surface area contributed by atoms with E-state index in [1.165, 1.54) is 11.8 Å². The fourth-order valence-electron chi connectivity index (χ4n) is 3.16. The first kappa shape index (κ1) is 27.6. The molecule has 3 aromatic rings. The number of nitrogens with zero attached hydrogens (tertiary/aromatic N) is 3. The lowest BCUT2D eigenvalue weighted by atomic mass is 10.2. The molecule has 190 valence electrons. The van der Waals surface area contributed by atoms with Crippen LogP contribution >= 0.6 is 35.0 Å². The van der Waals surface area contributed by atoms with Crippen LogP contribution < -0.4 is 10.1 Å². The standard InChI is InChI=1S/C25H26Cl2N4O4S/c1-3-13-31-22(6-5-14-35-21-12-9-18(26)15-20(21)27)29-30-25(31)36-16-23(32)28-19-10-7-17(8-11-19)24(33)34-4-2/h3,7-12,15H,1,4-6,13-14,16H2,2H3,(H,28,32). The molecule has 0 spiro atoms. The van der Waals surface area contributed by atoms with E-state index in [0.29, 0.717) is 64.8 Å². The van der Waals surface area contributed by atoms with Gasteiger partial charge in [0.25, 0.3) is 0 Å². The zero-order valence-electron chi connectivity index (χ0n) is 19.7. The van der Waals surface area contributed by atoms with E-state index >= 15 is 0 Å². The van der Waals surface area contributed by atoms with Gasteiger partial charge in [-0.25, -0.2) is 4.79 Å². The van der Waals surface area contributed by atoms with E-state index in [4.69, 9.17) is 32.7 Å². The van der Waals surface area contributed by atoms with Crippen molar-refractivity contribution in [2.75, 3.05) is 24.3 Å². The van der Waals surface area contributed by atoms with Gasteiger partial charge in [-0.15, -0.1) is 16.8 Å². The Bertz CT molecular complexity index is 1200. The summed E-state index contributed by atoms with van der Waals surface area (Å²) in [6.07, 6.45) is 3.08. The van der Waals surface area contributed by atoms with Gasteiger partial charge < -0.3 is 19.4 Å². The van der Waals surface area contributed by atoms with E-state index in [2.05, 4.69) is 22.1 Å². The van der Waals surface area contributed by atoms with Gasteiger partial charge in [-0.3, -0.25) is 4.79 Å². The third-order valence-electron chi connectivity index (χ3n) is 4.81. The monoisotopic (exact) mass is 548 g/mol. The number of esters is 1. The van der Waals surface area contributed by atoms with E-state index in [9.17, 15) is 9.59 Å². The minimum Gasteiger partial charge on any atom is -0.492 e. The number of halogens is 2. The molecule has 8 nitrogen and oxygen atoms in total. The summed E-state index contributed by atoms with van der Waals surface area (Å²) in [5, 5.41) is 13.0. The van der Waals surface area contributed by atoms with E-state index in [-0.39, 0.29) is 11.7 Å². The average molecular weight is 549 g/mol.